The first-order valence-corrected chi connectivity index (χ1v) is 11.0. The highest BCUT2D eigenvalue weighted by atomic mass is 16.2. The van der Waals surface area contributed by atoms with Crippen molar-refractivity contribution in [1.82, 2.24) is 25.1 Å². The number of hydrogen-bond acceptors (Lipinski definition) is 3. The highest BCUT2D eigenvalue weighted by molar-refractivity contribution is 5.80. The Morgan fingerprint density at radius 1 is 1.33 bits per heavy atom. The van der Waals surface area contributed by atoms with Crippen molar-refractivity contribution in [3.63, 3.8) is 0 Å². The average Bonchev–Trinajstić information content (AvgIpc) is 3.40. The van der Waals surface area contributed by atoms with Crippen LogP contribution in [0.3, 0.4) is 0 Å². The number of carbonyl (C=O) groups excluding carboxylic acids is 1. The molecule has 0 saturated carbocycles. The number of likely N-dealkylation sites (tertiary alicyclic amines) is 1. The number of carbonyl (C=O) groups is 1. The van der Waals surface area contributed by atoms with Crippen molar-refractivity contribution >= 4 is 11.9 Å². The van der Waals surface area contributed by atoms with E-state index in [9.17, 15) is 4.79 Å². The smallest absolute Gasteiger partial charge is 0.222 e. The molecule has 1 fully saturated rings. The first-order chi connectivity index (χ1) is 14.6. The molecule has 1 atom stereocenters. The molecule has 1 aromatic heterocycles. The van der Waals surface area contributed by atoms with Crippen molar-refractivity contribution < 1.29 is 4.79 Å². The predicted octanol–water partition coefficient (Wildman–Crippen LogP) is 3.27. The second-order valence-corrected chi connectivity index (χ2v) is 7.74. The third-order valence-electron chi connectivity index (χ3n) is 5.54. The fraction of sp³-hybridized carbons (Fsp3) is 0.522. The van der Waals surface area contributed by atoms with Crippen LogP contribution in [-0.4, -0.2) is 64.4 Å². The number of imidazole rings is 1. The van der Waals surface area contributed by atoms with Crippen molar-refractivity contribution in [3.8, 4) is 11.3 Å². The van der Waals surface area contributed by atoms with Gasteiger partial charge in [-0.05, 0) is 31.7 Å². The first kappa shape index (κ1) is 21.9. The van der Waals surface area contributed by atoms with E-state index >= 15 is 0 Å². The largest absolute Gasteiger partial charge is 0.357 e. The summed E-state index contributed by atoms with van der Waals surface area (Å²) in [6.07, 6.45) is 5.42. The topological polar surface area (TPSA) is 76.6 Å². The summed E-state index contributed by atoms with van der Waals surface area (Å²) in [4.78, 5) is 28.9. The van der Waals surface area contributed by atoms with Gasteiger partial charge < -0.3 is 20.1 Å². The quantitative estimate of drug-likeness (QED) is 0.491. The van der Waals surface area contributed by atoms with E-state index in [0.717, 1.165) is 55.4 Å². The lowest BCUT2D eigenvalue weighted by molar-refractivity contribution is -0.129. The van der Waals surface area contributed by atoms with Crippen molar-refractivity contribution in [2.24, 2.45) is 4.99 Å². The molecule has 1 aliphatic rings. The molecule has 1 saturated heterocycles. The lowest BCUT2D eigenvalue weighted by Crippen LogP contribution is -2.39. The van der Waals surface area contributed by atoms with Crippen LogP contribution in [0.15, 0.2) is 41.5 Å². The van der Waals surface area contributed by atoms with Gasteiger partial charge in [-0.3, -0.25) is 9.79 Å². The molecule has 7 heteroatoms. The number of guanidine groups is 1. The van der Waals surface area contributed by atoms with Gasteiger partial charge >= 0.3 is 0 Å². The van der Waals surface area contributed by atoms with E-state index in [4.69, 9.17) is 4.99 Å². The van der Waals surface area contributed by atoms with Crippen LogP contribution >= 0.6 is 0 Å². The molecule has 3 rings (SSSR count). The minimum absolute atomic E-state index is 0.287. The zero-order chi connectivity index (χ0) is 21.3. The summed E-state index contributed by atoms with van der Waals surface area (Å²) in [5.74, 6) is 2.05. The number of nitrogens with one attached hydrogen (secondary N) is 2. The Morgan fingerprint density at radius 2 is 2.13 bits per heavy atom. The van der Waals surface area contributed by atoms with E-state index in [1.807, 2.05) is 36.3 Å². The van der Waals surface area contributed by atoms with E-state index in [1.165, 1.54) is 0 Å². The van der Waals surface area contributed by atoms with Crippen LogP contribution in [-0.2, 0) is 11.3 Å². The van der Waals surface area contributed by atoms with Gasteiger partial charge in [0.05, 0.1) is 18.4 Å². The van der Waals surface area contributed by atoms with Gasteiger partial charge in [-0.15, -0.1) is 0 Å². The van der Waals surface area contributed by atoms with Gasteiger partial charge in [0.1, 0.15) is 5.82 Å². The lowest BCUT2D eigenvalue weighted by Gasteiger charge is -2.27. The number of benzene rings is 1. The Balaban J connectivity index is 1.59. The third-order valence-corrected chi connectivity index (χ3v) is 5.54. The highest BCUT2D eigenvalue weighted by Crippen LogP contribution is 2.18. The van der Waals surface area contributed by atoms with Gasteiger partial charge in [0.15, 0.2) is 5.96 Å². The maximum Gasteiger partial charge on any atom is 0.222 e. The molecule has 30 heavy (non-hydrogen) atoms. The molecule has 0 radical (unpaired) electrons. The second-order valence-electron chi connectivity index (χ2n) is 7.74. The summed E-state index contributed by atoms with van der Waals surface area (Å²) in [7, 11) is 2.02. The molecule has 162 valence electrons. The molecule has 1 aliphatic heterocycles. The maximum absolute atomic E-state index is 12.0. The van der Waals surface area contributed by atoms with Gasteiger partial charge in [0, 0.05) is 39.1 Å². The first-order valence-electron chi connectivity index (χ1n) is 11.0. The molecule has 2 aromatic rings. The summed E-state index contributed by atoms with van der Waals surface area (Å²) in [6, 6.07) is 10.5. The number of amides is 1. The summed E-state index contributed by atoms with van der Waals surface area (Å²) in [5, 5.41) is 3.36. The number of aromatic nitrogens is 2. The van der Waals surface area contributed by atoms with E-state index in [2.05, 4.69) is 46.2 Å². The SMILES string of the molecule is CCNC(=NCCC(CC)N1CCCC1=O)N(C)Cc1ncc(-c2ccccc2)[nH]1. The maximum atomic E-state index is 12.0. The van der Waals surface area contributed by atoms with E-state index in [0.29, 0.717) is 25.4 Å². The number of nitrogens with zero attached hydrogens (tertiary/aromatic N) is 4. The molecule has 1 amide bonds. The van der Waals surface area contributed by atoms with Crippen LogP contribution in [0.5, 0.6) is 0 Å². The Labute approximate surface area is 179 Å². The van der Waals surface area contributed by atoms with Crippen LogP contribution in [0.2, 0.25) is 0 Å². The Morgan fingerprint density at radius 3 is 2.80 bits per heavy atom. The Bertz CT molecular complexity index is 831. The van der Waals surface area contributed by atoms with Gasteiger partial charge in [0.25, 0.3) is 0 Å². The summed E-state index contributed by atoms with van der Waals surface area (Å²) in [5.41, 5.74) is 2.14. The van der Waals surface area contributed by atoms with Crippen LogP contribution < -0.4 is 5.32 Å². The third kappa shape index (κ3) is 5.62. The second kappa shape index (κ2) is 10.8. The van der Waals surface area contributed by atoms with Crippen LogP contribution in [0.4, 0.5) is 0 Å². The van der Waals surface area contributed by atoms with Crippen molar-refractivity contribution in [2.45, 2.75) is 52.1 Å². The molecule has 1 unspecified atom stereocenters. The number of rotatable bonds is 9. The lowest BCUT2D eigenvalue weighted by atomic mass is 10.1. The summed E-state index contributed by atoms with van der Waals surface area (Å²) < 4.78 is 0. The number of aliphatic imine (C=N–C) groups is 1. The van der Waals surface area contributed by atoms with Crippen LogP contribution in [0.25, 0.3) is 11.3 Å². The fourth-order valence-electron chi connectivity index (χ4n) is 3.93. The Kier molecular flexibility index (Phi) is 7.88. The van der Waals surface area contributed by atoms with Gasteiger partial charge in [-0.25, -0.2) is 4.98 Å². The molecule has 2 N–H and O–H groups in total. The molecule has 7 nitrogen and oxygen atoms in total. The normalized spacial score (nSPS) is 15.5. The van der Waals surface area contributed by atoms with Crippen LogP contribution in [0, 0.1) is 0 Å². The molecule has 1 aromatic carbocycles. The van der Waals surface area contributed by atoms with Gasteiger partial charge in [-0.2, -0.15) is 0 Å². The molecule has 0 aliphatic carbocycles. The summed E-state index contributed by atoms with van der Waals surface area (Å²) in [6.45, 7) is 7.25. The predicted molar refractivity (Wildman–Crippen MR) is 121 cm³/mol. The average molecular weight is 411 g/mol. The van der Waals surface area contributed by atoms with Crippen LogP contribution in [0.1, 0.15) is 45.4 Å². The van der Waals surface area contributed by atoms with E-state index in [-0.39, 0.29) is 6.04 Å². The van der Waals surface area contributed by atoms with Crippen molar-refractivity contribution in [3.05, 3.63) is 42.4 Å². The standard InChI is InChI=1S/C23H34N6O/c1-4-19(29-15-9-12-22(29)30)13-14-25-23(24-5-2)28(3)17-21-26-16-20(27-21)18-10-7-6-8-11-18/h6-8,10-11,16,19H,4-5,9,12-15,17H2,1-3H3,(H,24,25)(H,26,27). The number of H-pyrrole nitrogens is 1. The molecule has 0 spiro atoms. The van der Waals surface area contributed by atoms with Gasteiger partial charge in [0.2, 0.25) is 5.91 Å². The van der Waals surface area contributed by atoms with Crippen molar-refractivity contribution in [1.29, 1.82) is 0 Å². The van der Waals surface area contributed by atoms with E-state index < -0.39 is 0 Å². The monoisotopic (exact) mass is 410 g/mol. The zero-order valence-electron chi connectivity index (χ0n) is 18.4. The minimum Gasteiger partial charge on any atom is -0.357 e. The molecule has 2 heterocycles. The summed E-state index contributed by atoms with van der Waals surface area (Å²) >= 11 is 0. The van der Waals surface area contributed by atoms with E-state index in [1.54, 1.807) is 0 Å². The Hall–Kier alpha value is -2.83. The van der Waals surface area contributed by atoms with Crippen molar-refractivity contribution in [2.75, 3.05) is 26.7 Å². The molecular weight excluding hydrogens is 376 g/mol. The highest BCUT2D eigenvalue weighted by Gasteiger charge is 2.26. The minimum atomic E-state index is 0.287. The number of aromatic amines is 1. The molecule has 0 bridgehead atoms. The number of hydrogen-bond donors (Lipinski definition) is 2. The zero-order valence-corrected chi connectivity index (χ0v) is 18.4. The fourth-order valence-corrected chi connectivity index (χ4v) is 3.93. The van der Waals surface area contributed by atoms with Gasteiger partial charge in [-0.1, -0.05) is 37.3 Å². The molecular formula is C23H34N6O.